The van der Waals surface area contributed by atoms with Crippen LogP contribution in [0.2, 0.25) is 5.02 Å². The van der Waals surface area contributed by atoms with E-state index in [4.69, 9.17) is 21.6 Å². The SMILES string of the molecule is CCCOc1ccc(Cl)cc1CC#N. The standard InChI is InChI=1S/C11H12ClNO/c1-2-7-14-11-4-3-10(12)8-9(11)5-6-13/h3-4,8H,2,5,7H2,1H3. The molecule has 0 radical (unpaired) electrons. The molecule has 0 aromatic heterocycles. The van der Waals surface area contributed by atoms with E-state index in [1.165, 1.54) is 0 Å². The maximum Gasteiger partial charge on any atom is 0.123 e. The summed E-state index contributed by atoms with van der Waals surface area (Å²) in [6.07, 6.45) is 1.29. The summed E-state index contributed by atoms with van der Waals surface area (Å²) in [4.78, 5) is 0. The molecule has 3 heteroatoms. The van der Waals surface area contributed by atoms with Gasteiger partial charge in [-0.15, -0.1) is 0 Å². The van der Waals surface area contributed by atoms with Gasteiger partial charge in [0.2, 0.25) is 0 Å². The molecule has 0 N–H and O–H groups in total. The summed E-state index contributed by atoms with van der Waals surface area (Å²) in [6.45, 7) is 2.71. The van der Waals surface area contributed by atoms with Crippen LogP contribution < -0.4 is 4.74 Å². The molecule has 0 atom stereocenters. The molecule has 0 unspecified atom stereocenters. The number of benzene rings is 1. The van der Waals surface area contributed by atoms with Crippen molar-refractivity contribution in [2.75, 3.05) is 6.61 Å². The summed E-state index contributed by atoms with van der Waals surface area (Å²) in [5.74, 6) is 0.762. The van der Waals surface area contributed by atoms with Gasteiger partial charge in [-0.3, -0.25) is 0 Å². The van der Waals surface area contributed by atoms with Crippen molar-refractivity contribution >= 4 is 11.6 Å². The molecule has 0 fully saturated rings. The Balaban J connectivity index is 2.85. The number of ether oxygens (including phenoxy) is 1. The summed E-state index contributed by atoms with van der Waals surface area (Å²) in [7, 11) is 0. The number of nitriles is 1. The highest BCUT2D eigenvalue weighted by atomic mass is 35.5. The molecule has 1 aromatic carbocycles. The van der Waals surface area contributed by atoms with E-state index in [1.54, 1.807) is 12.1 Å². The molecule has 0 amide bonds. The van der Waals surface area contributed by atoms with Gasteiger partial charge in [-0.1, -0.05) is 18.5 Å². The van der Waals surface area contributed by atoms with E-state index in [0.29, 0.717) is 18.1 Å². The minimum Gasteiger partial charge on any atom is -0.493 e. The van der Waals surface area contributed by atoms with Crippen LogP contribution in [0.15, 0.2) is 18.2 Å². The Bertz CT molecular complexity index is 344. The van der Waals surface area contributed by atoms with E-state index < -0.39 is 0 Å². The predicted molar refractivity (Wildman–Crippen MR) is 56.6 cm³/mol. The number of hydrogen-bond donors (Lipinski definition) is 0. The van der Waals surface area contributed by atoms with E-state index >= 15 is 0 Å². The third kappa shape index (κ3) is 2.93. The molecule has 2 nitrogen and oxygen atoms in total. The number of nitrogens with zero attached hydrogens (tertiary/aromatic N) is 1. The molecule has 74 valence electrons. The molecular weight excluding hydrogens is 198 g/mol. The van der Waals surface area contributed by atoms with Crippen LogP contribution in [0.25, 0.3) is 0 Å². The highest BCUT2D eigenvalue weighted by molar-refractivity contribution is 6.30. The fraction of sp³-hybridized carbons (Fsp3) is 0.364. The van der Waals surface area contributed by atoms with Crippen molar-refractivity contribution in [3.05, 3.63) is 28.8 Å². The first-order valence-electron chi connectivity index (χ1n) is 4.56. The quantitative estimate of drug-likeness (QED) is 0.763. The number of halogens is 1. The summed E-state index contributed by atoms with van der Waals surface area (Å²) in [6, 6.07) is 7.44. The topological polar surface area (TPSA) is 33.0 Å². The molecule has 0 saturated heterocycles. The van der Waals surface area contributed by atoms with Crippen LogP contribution in [0.5, 0.6) is 5.75 Å². The number of rotatable bonds is 4. The lowest BCUT2D eigenvalue weighted by Gasteiger charge is -2.08. The first-order valence-corrected chi connectivity index (χ1v) is 4.94. The summed E-state index contributed by atoms with van der Waals surface area (Å²) in [5.41, 5.74) is 0.855. The van der Waals surface area contributed by atoms with Crippen LogP contribution in [-0.4, -0.2) is 6.61 Å². The normalized spacial score (nSPS) is 9.50. The van der Waals surface area contributed by atoms with Crippen LogP contribution in [-0.2, 0) is 6.42 Å². The minimum atomic E-state index is 0.333. The van der Waals surface area contributed by atoms with Crippen LogP contribution >= 0.6 is 11.6 Å². The fourth-order valence-corrected chi connectivity index (χ4v) is 1.32. The van der Waals surface area contributed by atoms with Gasteiger partial charge in [0, 0.05) is 10.6 Å². The van der Waals surface area contributed by atoms with Gasteiger partial charge < -0.3 is 4.74 Å². The van der Waals surface area contributed by atoms with Crippen LogP contribution in [0.3, 0.4) is 0 Å². The Kier molecular flexibility index (Phi) is 4.28. The molecule has 1 rings (SSSR count). The lowest BCUT2D eigenvalue weighted by Crippen LogP contribution is -1.98. The fourth-order valence-electron chi connectivity index (χ4n) is 1.12. The maximum absolute atomic E-state index is 8.61. The Morgan fingerprint density at radius 1 is 1.50 bits per heavy atom. The van der Waals surface area contributed by atoms with Crippen LogP contribution in [0.1, 0.15) is 18.9 Å². The molecule has 0 aliphatic rings. The Morgan fingerprint density at radius 3 is 2.93 bits per heavy atom. The molecular formula is C11H12ClNO. The van der Waals surface area contributed by atoms with Gasteiger partial charge in [0.25, 0.3) is 0 Å². The molecule has 0 bridgehead atoms. The lowest BCUT2D eigenvalue weighted by molar-refractivity contribution is 0.315. The van der Waals surface area contributed by atoms with Crippen molar-refractivity contribution in [3.8, 4) is 11.8 Å². The van der Waals surface area contributed by atoms with E-state index in [0.717, 1.165) is 17.7 Å². The smallest absolute Gasteiger partial charge is 0.123 e. The van der Waals surface area contributed by atoms with Gasteiger partial charge in [-0.25, -0.2) is 0 Å². The predicted octanol–water partition coefficient (Wildman–Crippen LogP) is 3.19. The Labute approximate surface area is 89.1 Å². The summed E-state index contributed by atoms with van der Waals surface area (Å²) in [5, 5.41) is 9.25. The second kappa shape index (κ2) is 5.51. The third-order valence-electron chi connectivity index (χ3n) is 1.75. The second-order valence-corrected chi connectivity index (χ2v) is 3.37. The second-order valence-electron chi connectivity index (χ2n) is 2.94. The van der Waals surface area contributed by atoms with Crippen molar-refractivity contribution in [2.45, 2.75) is 19.8 Å². The first-order chi connectivity index (χ1) is 6.77. The number of hydrogen-bond acceptors (Lipinski definition) is 2. The van der Waals surface area contributed by atoms with E-state index in [1.807, 2.05) is 13.0 Å². The molecule has 0 spiro atoms. The largest absolute Gasteiger partial charge is 0.493 e. The van der Waals surface area contributed by atoms with E-state index in [-0.39, 0.29) is 0 Å². The van der Waals surface area contributed by atoms with Crippen LogP contribution in [0, 0.1) is 11.3 Å². The van der Waals surface area contributed by atoms with Crippen molar-refractivity contribution < 1.29 is 4.74 Å². The zero-order chi connectivity index (χ0) is 10.4. The van der Waals surface area contributed by atoms with Crippen molar-refractivity contribution in [2.24, 2.45) is 0 Å². The lowest BCUT2D eigenvalue weighted by atomic mass is 10.1. The zero-order valence-corrected chi connectivity index (χ0v) is 8.84. The van der Waals surface area contributed by atoms with Gasteiger partial charge >= 0.3 is 0 Å². The first kappa shape index (κ1) is 10.9. The highest BCUT2D eigenvalue weighted by Gasteiger charge is 2.03. The van der Waals surface area contributed by atoms with Crippen molar-refractivity contribution in [1.82, 2.24) is 0 Å². The van der Waals surface area contributed by atoms with E-state index in [2.05, 4.69) is 6.07 Å². The average molecular weight is 210 g/mol. The summed E-state index contributed by atoms with van der Waals surface area (Å²) >= 11 is 5.82. The average Bonchev–Trinajstić information content (AvgIpc) is 2.17. The highest BCUT2D eigenvalue weighted by Crippen LogP contribution is 2.23. The van der Waals surface area contributed by atoms with Crippen molar-refractivity contribution in [3.63, 3.8) is 0 Å². The van der Waals surface area contributed by atoms with Gasteiger partial charge in [0.15, 0.2) is 0 Å². The third-order valence-corrected chi connectivity index (χ3v) is 1.99. The van der Waals surface area contributed by atoms with E-state index in [9.17, 15) is 0 Å². The zero-order valence-electron chi connectivity index (χ0n) is 8.09. The summed E-state index contributed by atoms with van der Waals surface area (Å²) < 4.78 is 5.48. The molecule has 14 heavy (non-hydrogen) atoms. The van der Waals surface area contributed by atoms with Crippen LogP contribution in [0.4, 0.5) is 0 Å². The minimum absolute atomic E-state index is 0.333. The van der Waals surface area contributed by atoms with Gasteiger partial charge in [-0.05, 0) is 24.6 Å². The van der Waals surface area contributed by atoms with Gasteiger partial charge in [-0.2, -0.15) is 5.26 Å². The molecule has 1 aromatic rings. The van der Waals surface area contributed by atoms with Crippen molar-refractivity contribution in [1.29, 1.82) is 5.26 Å². The molecule has 0 aliphatic heterocycles. The van der Waals surface area contributed by atoms with Gasteiger partial charge in [0.05, 0.1) is 19.1 Å². The molecule has 0 aliphatic carbocycles. The monoisotopic (exact) mass is 209 g/mol. The maximum atomic E-state index is 8.61. The van der Waals surface area contributed by atoms with Gasteiger partial charge in [0.1, 0.15) is 5.75 Å². The molecule has 0 saturated carbocycles. The Morgan fingerprint density at radius 2 is 2.29 bits per heavy atom. The molecule has 0 heterocycles. The Hall–Kier alpha value is -1.20.